The topological polar surface area (TPSA) is 57.8 Å². The van der Waals surface area contributed by atoms with Crippen LogP contribution in [0.1, 0.15) is 31.0 Å². The van der Waals surface area contributed by atoms with Crippen LogP contribution in [0, 0.1) is 12.7 Å². The fourth-order valence-corrected chi connectivity index (χ4v) is 3.37. The van der Waals surface area contributed by atoms with E-state index in [4.69, 9.17) is 0 Å². The molecule has 0 aliphatic carbocycles. The van der Waals surface area contributed by atoms with E-state index in [-0.39, 0.29) is 23.0 Å². The minimum absolute atomic E-state index is 0.0848. The number of imidazole rings is 1. The first-order chi connectivity index (χ1) is 11.9. The molecule has 2 aromatic carbocycles. The molecular weight excluding hydrogens is 337 g/mol. The minimum atomic E-state index is -0.301. The Bertz CT molecular complexity index is 891. The summed E-state index contributed by atoms with van der Waals surface area (Å²) in [5.41, 5.74) is 3.88. The average molecular weight is 357 g/mol. The fourth-order valence-electron chi connectivity index (χ4n) is 2.54. The third-order valence-electron chi connectivity index (χ3n) is 4.00. The smallest absolute Gasteiger partial charge is 0.233 e. The molecule has 3 aromatic rings. The third kappa shape index (κ3) is 4.20. The van der Waals surface area contributed by atoms with Gasteiger partial charge in [-0.1, -0.05) is 30.0 Å². The highest BCUT2D eigenvalue weighted by Gasteiger charge is 2.19. The van der Waals surface area contributed by atoms with Crippen LogP contribution in [0.4, 0.5) is 4.39 Å². The van der Waals surface area contributed by atoms with Crippen molar-refractivity contribution in [2.24, 2.45) is 0 Å². The Kier molecular flexibility index (Phi) is 5.08. The van der Waals surface area contributed by atoms with E-state index in [0.29, 0.717) is 0 Å². The number of nitrogens with zero attached hydrogens (tertiary/aromatic N) is 1. The average Bonchev–Trinajstić information content (AvgIpc) is 2.96. The number of thioether (sulfide) groups is 1. The summed E-state index contributed by atoms with van der Waals surface area (Å²) in [6.45, 7) is 5.75. The number of nitrogens with one attached hydrogen (secondary N) is 2. The summed E-state index contributed by atoms with van der Waals surface area (Å²) in [5.74, 6) is -0.371. The molecule has 0 aliphatic rings. The summed E-state index contributed by atoms with van der Waals surface area (Å²) in [7, 11) is 0. The SMILES string of the molecule is Cc1ccc2nc(SC(C)C(=O)NC(C)c3ccc(F)cc3)[nH]c2c1. The Balaban J connectivity index is 1.64. The summed E-state index contributed by atoms with van der Waals surface area (Å²) in [6.07, 6.45) is 0. The van der Waals surface area contributed by atoms with Crippen LogP contribution in [0.25, 0.3) is 11.0 Å². The zero-order chi connectivity index (χ0) is 18.0. The molecule has 25 heavy (non-hydrogen) atoms. The summed E-state index contributed by atoms with van der Waals surface area (Å²) < 4.78 is 13.0. The van der Waals surface area contributed by atoms with Crippen LogP contribution in [0.2, 0.25) is 0 Å². The van der Waals surface area contributed by atoms with Gasteiger partial charge in [0.25, 0.3) is 0 Å². The second-order valence-corrected chi connectivity index (χ2v) is 7.43. The van der Waals surface area contributed by atoms with Gasteiger partial charge in [-0.2, -0.15) is 0 Å². The van der Waals surface area contributed by atoms with Crippen molar-refractivity contribution >= 4 is 28.7 Å². The van der Waals surface area contributed by atoms with Gasteiger partial charge >= 0.3 is 0 Å². The van der Waals surface area contributed by atoms with Crippen molar-refractivity contribution in [1.29, 1.82) is 0 Å². The molecule has 0 aliphatic heterocycles. The highest BCUT2D eigenvalue weighted by Crippen LogP contribution is 2.24. The van der Waals surface area contributed by atoms with Crippen molar-refractivity contribution < 1.29 is 9.18 Å². The van der Waals surface area contributed by atoms with Crippen LogP contribution in [0.3, 0.4) is 0 Å². The second-order valence-electron chi connectivity index (χ2n) is 6.10. The zero-order valence-electron chi connectivity index (χ0n) is 14.3. The normalized spacial score (nSPS) is 13.6. The van der Waals surface area contributed by atoms with Gasteiger partial charge in [0.1, 0.15) is 5.82 Å². The van der Waals surface area contributed by atoms with Gasteiger partial charge < -0.3 is 10.3 Å². The first-order valence-electron chi connectivity index (χ1n) is 8.11. The number of carbonyl (C=O) groups excluding carboxylic acids is 1. The Morgan fingerprint density at radius 1 is 1.20 bits per heavy atom. The Hall–Kier alpha value is -2.34. The highest BCUT2D eigenvalue weighted by atomic mass is 32.2. The van der Waals surface area contributed by atoms with Crippen LogP contribution in [0.15, 0.2) is 47.6 Å². The van der Waals surface area contributed by atoms with Gasteiger partial charge in [0, 0.05) is 0 Å². The number of rotatable bonds is 5. The highest BCUT2D eigenvalue weighted by molar-refractivity contribution is 8.00. The Labute approximate surface area is 150 Å². The van der Waals surface area contributed by atoms with Crippen LogP contribution >= 0.6 is 11.8 Å². The second kappa shape index (κ2) is 7.27. The van der Waals surface area contributed by atoms with E-state index in [1.807, 2.05) is 39.0 Å². The maximum atomic E-state index is 13.0. The molecule has 0 saturated carbocycles. The van der Waals surface area contributed by atoms with Crippen LogP contribution < -0.4 is 5.32 Å². The van der Waals surface area contributed by atoms with Crippen molar-refractivity contribution in [2.75, 3.05) is 0 Å². The number of hydrogen-bond acceptors (Lipinski definition) is 3. The first kappa shape index (κ1) is 17.5. The number of hydrogen-bond donors (Lipinski definition) is 2. The zero-order valence-corrected chi connectivity index (χ0v) is 15.2. The van der Waals surface area contributed by atoms with Gasteiger partial charge in [-0.05, 0) is 56.2 Å². The monoisotopic (exact) mass is 357 g/mol. The molecule has 1 aromatic heterocycles. The van der Waals surface area contributed by atoms with Crippen LogP contribution in [-0.4, -0.2) is 21.1 Å². The van der Waals surface area contributed by atoms with Gasteiger partial charge in [-0.15, -0.1) is 0 Å². The number of fused-ring (bicyclic) bond motifs is 1. The minimum Gasteiger partial charge on any atom is -0.349 e. The molecule has 3 rings (SSSR count). The van der Waals surface area contributed by atoms with Gasteiger partial charge in [0.15, 0.2) is 5.16 Å². The number of aryl methyl sites for hydroxylation is 1. The van der Waals surface area contributed by atoms with Crippen LogP contribution in [0.5, 0.6) is 0 Å². The number of halogens is 1. The van der Waals surface area contributed by atoms with E-state index in [1.165, 1.54) is 23.9 Å². The molecule has 0 saturated heterocycles. The lowest BCUT2D eigenvalue weighted by molar-refractivity contribution is -0.120. The van der Waals surface area contributed by atoms with Crippen LogP contribution in [-0.2, 0) is 4.79 Å². The van der Waals surface area contributed by atoms with Gasteiger partial charge in [0.2, 0.25) is 5.91 Å². The molecule has 0 bridgehead atoms. The predicted molar refractivity (Wildman–Crippen MR) is 99.1 cm³/mol. The summed E-state index contributed by atoms with van der Waals surface area (Å²) in [4.78, 5) is 20.2. The molecule has 130 valence electrons. The van der Waals surface area contributed by atoms with Crippen molar-refractivity contribution in [1.82, 2.24) is 15.3 Å². The standard InChI is InChI=1S/C19H20FN3OS/c1-11-4-9-16-17(10-11)23-19(22-16)25-13(3)18(24)21-12(2)14-5-7-15(20)8-6-14/h4-10,12-13H,1-3H3,(H,21,24)(H,22,23). The number of carbonyl (C=O) groups is 1. The molecule has 6 heteroatoms. The van der Waals surface area contributed by atoms with E-state index in [2.05, 4.69) is 15.3 Å². The molecule has 2 unspecified atom stereocenters. The number of amides is 1. The van der Waals surface area contributed by atoms with E-state index in [1.54, 1.807) is 12.1 Å². The van der Waals surface area contributed by atoms with E-state index < -0.39 is 0 Å². The van der Waals surface area contributed by atoms with E-state index in [0.717, 1.165) is 27.3 Å². The van der Waals surface area contributed by atoms with Gasteiger partial charge in [0.05, 0.1) is 22.3 Å². The number of aromatic nitrogens is 2. The predicted octanol–water partition coefficient (Wildman–Crippen LogP) is 4.37. The number of aromatic amines is 1. The summed E-state index contributed by atoms with van der Waals surface area (Å²) >= 11 is 1.38. The molecule has 2 atom stereocenters. The van der Waals surface area contributed by atoms with Crippen molar-refractivity contribution in [2.45, 2.75) is 37.2 Å². The number of H-pyrrole nitrogens is 1. The molecule has 0 radical (unpaired) electrons. The molecule has 4 nitrogen and oxygen atoms in total. The lowest BCUT2D eigenvalue weighted by Gasteiger charge is -2.17. The largest absolute Gasteiger partial charge is 0.349 e. The molecular formula is C19H20FN3OS. The third-order valence-corrected chi connectivity index (χ3v) is 4.99. The lowest BCUT2D eigenvalue weighted by atomic mass is 10.1. The van der Waals surface area contributed by atoms with E-state index in [9.17, 15) is 9.18 Å². The first-order valence-corrected chi connectivity index (χ1v) is 8.99. The van der Waals surface area contributed by atoms with Crippen molar-refractivity contribution in [3.05, 3.63) is 59.4 Å². The number of benzene rings is 2. The summed E-state index contributed by atoms with van der Waals surface area (Å²) in [5, 5.41) is 3.37. The maximum Gasteiger partial charge on any atom is 0.233 e. The Morgan fingerprint density at radius 3 is 2.64 bits per heavy atom. The van der Waals surface area contributed by atoms with E-state index >= 15 is 0 Å². The van der Waals surface area contributed by atoms with Gasteiger partial charge in [-0.25, -0.2) is 9.37 Å². The molecule has 1 amide bonds. The lowest BCUT2D eigenvalue weighted by Crippen LogP contribution is -2.33. The fraction of sp³-hybridized carbons (Fsp3) is 0.263. The van der Waals surface area contributed by atoms with Crippen molar-refractivity contribution in [3.8, 4) is 0 Å². The molecule has 1 heterocycles. The van der Waals surface area contributed by atoms with Crippen molar-refractivity contribution in [3.63, 3.8) is 0 Å². The van der Waals surface area contributed by atoms with Gasteiger partial charge in [-0.3, -0.25) is 4.79 Å². The summed E-state index contributed by atoms with van der Waals surface area (Å²) in [6, 6.07) is 12.0. The molecule has 0 fully saturated rings. The maximum absolute atomic E-state index is 13.0. The quantitative estimate of drug-likeness (QED) is 0.667. The molecule has 0 spiro atoms. The Morgan fingerprint density at radius 2 is 1.92 bits per heavy atom. The molecule has 2 N–H and O–H groups in total.